The number of rotatable bonds is 9. The van der Waals surface area contributed by atoms with Crippen LogP contribution in [0.5, 0.6) is 0 Å². The second-order valence-corrected chi connectivity index (χ2v) is 13.1. The minimum atomic E-state index is -0.00591. The average molecular weight is 431 g/mol. The molecule has 0 heterocycles. The predicted octanol–water partition coefficient (Wildman–Crippen LogP) is 8.78. The van der Waals surface area contributed by atoms with E-state index in [0.717, 1.165) is 48.3 Å². The van der Waals surface area contributed by atoms with Crippen LogP contribution in [0.4, 0.5) is 0 Å². The third kappa shape index (κ3) is 4.65. The zero-order valence-corrected chi connectivity index (χ0v) is 21.5. The van der Waals surface area contributed by atoms with Crippen molar-refractivity contribution in [3.05, 3.63) is 0 Å². The fourth-order valence-electron chi connectivity index (χ4n) is 9.69. The molecular weight excluding hydrogens is 376 g/mol. The molecule has 4 fully saturated rings. The maximum Gasteiger partial charge on any atom is 0.0543 e. The predicted molar refractivity (Wildman–Crippen MR) is 133 cm³/mol. The van der Waals surface area contributed by atoms with Crippen molar-refractivity contribution in [3.8, 4) is 0 Å². The maximum absolute atomic E-state index is 10.3. The van der Waals surface area contributed by atoms with Gasteiger partial charge in [-0.3, -0.25) is 0 Å². The molecule has 0 aromatic carbocycles. The van der Waals surface area contributed by atoms with E-state index in [2.05, 4.69) is 27.7 Å². The summed E-state index contributed by atoms with van der Waals surface area (Å²) >= 11 is 0. The number of unbranched alkanes of at least 4 members (excludes halogenated alkanes) is 2. The van der Waals surface area contributed by atoms with Gasteiger partial charge in [-0.25, -0.2) is 0 Å². The first-order valence-electron chi connectivity index (χ1n) is 14.6. The monoisotopic (exact) mass is 430 g/mol. The Labute approximate surface area is 194 Å². The molecule has 1 nitrogen and oxygen atoms in total. The smallest absolute Gasteiger partial charge is 0.0543 e. The van der Waals surface area contributed by atoms with Gasteiger partial charge in [0.2, 0.25) is 0 Å². The third-order valence-electron chi connectivity index (χ3n) is 11.8. The highest BCUT2D eigenvalue weighted by molar-refractivity contribution is 5.09. The fourth-order valence-corrected chi connectivity index (χ4v) is 9.69. The van der Waals surface area contributed by atoms with Crippen LogP contribution in [-0.4, -0.2) is 11.2 Å². The van der Waals surface area contributed by atoms with Crippen molar-refractivity contribution in [2.75, 3.05) is 0 Å². The van der Waals surface area contributed by atoms with Crippen LogP contribution < -0.4 is 0 Å². The van der Waals surface area contributed by atoms with Crippen LogP contribution in [0, 0.1) is 46.3 Å². The minimum absolute atomic E-state index is 0.00591. The van der Waals surface area contributed by atoms with Gasteiger partial charge in [-0.1, -0.05) is 72.6 Å². The van der Waals surface area contributed by atoms with E-state index in [1.807, 2.05) is 0 Å². The Morgan fingerprint density at radius 2 is 1.55 bits per heavy atom. The summed E-state index contributed by atoms with van der Waals surface area (Å²) in [4.78, 5) is 0. The Morgan fingerprint density at radius 1 is 0.806 bits per heavy atom. The topological polar surface area (TPSA) is 20.2 Å². The van der Waals surface area contributed by atoms with Gasteiger partial charge >= 0.3 is 0 Å². The Bertz CT molecular complexity index is 571. The van der Waals surface area contributed by atoms with E-state index in [9.17, 15) is 5.11 Å². The summed E-state index contributed by atoms with van der Waals surface area (Å²) < 4.78 is 0. The molecule has 1 heteroatoms. The first-order chi connectivity index (χ1) is 14.9. The first kappa shape index (κ1) is 24.1. The molecule has 0 aliphatic heterocycles. The van der Waals surface area contributed by atoms with Gasteiger partial charge in [-0.2, -0.15) is 0 Å². The highest BCUT2D eigenvalue weighted by Gasteiger charge is 2.59. The molecule has 9 atom stereocenters. The van der Waals surface area contributed by atoms with Crippen molar-refractivity contribution in [3.63, 3.8) is 0 Å². The van der Waals surface area contributed by atoms with Gasteiger partial charge in [-0.15, -0.1) is 0 Å². The summed E-state index contributed by atoms with van der Waals surface area (Å²) in [5.74, 6) is 5.77. The Balaban J connectivity index is 1.32. The van der Waals surface area contributed by atoms with Crippen molar-refractivity contribution in [1.82, 2.24) is 0 Å². The van der Waals surface area contributed by atoms with E-state index >= 15 is 0 Å². The van der Waals surface area contributed by atoms with E-state index < -0.39 is 0 Å². The quantitative estimate of drug-likeness (QED) is 0.362. The van der Waals surface area contributed by atoms with Crippen LogP contribution in [0.2, 0.25) is 0 Å². The third-order valence-corrected chi connectivity index (χ3v) is 11.8. The van der Waals surface area contributed by atoms with E-state index in [0.29, 0.717) is 10.8 Å². The number of aliphatic hydroxyl groups excluding tert-OH is 1. The molecule has 4 rings (SSSR count). The summed E-state index contributed by atoms with van der Waals surface area (Å²) in [5.41, 5.74) is 1.18. The lowest BCUT2D eigenvalue weighted by atomic mass is 9.44. The van der Waals surface area contributed by atoms with Crippen LogP contribution in [0.25, 0.3) is 0 Å². The minimum Gasteiger partial charge on any atom is -0.393 e. The lowest BCUT2D eigenvalue weighted by Gasteiger charge is -2.61. The Hall–Kier alpha value is -0.0400. The van der Waals surface area contributed by atoms with Crippen molar-refractivity contribution >= 4 is 0 Å². The largest absolute Gasteiger partial charge is 0.393 e. The van der Waals surface area contributed by atoms with Crippen LogP contribution >= 0.6 is 0 Å². The molecule has 0 amide bonds. The van der Waals surface area contributed by atoms with Gasteiger partial charge in [-0.05, 0) is 111 Å². The zero-order valence-electron chi connectivity index (χ0n) is 21.5. The van der Waals surface area contributed by atoms with Crippen molar-refractivity contribution < 1.29 is 5.11 Å². The van der Waals surface area contributed by atoms with Crippen molar-refractivity contribution in [2.24, 2.45) is 46.3 Å². The summed E-state index contributed by atoms with van der Waals surface area (Å²) in [7, 11) is 0. The molecule has 4 aliphatic rings. The van der Waals surface area contributed by atoms with E-state index in [1.165, 1.54) is 96.3 Å². The van der Waals surface area contributed by atoms with E-state index in [4.69, 9.17) is 0 Å². The van der Waals surface area contributed by atoms with Crippen LogP contribution in [0.1, 0.15) is 137 Å². The molecule has 0 aromatic heterocycles. The molecule has 4 aliphatic carbocycles. The van der Waals surface area contributed by atoms with Crippen LogP contribution in [0.3, 0.4) is 0 Å². The molecule has 0 saturated heterocycles. The zero-order chi connectivity index (χ0) is 22.1. The molecule has 1 N–H and O–H groups in total. The Morgan fingerprint density at radius 3 is 2.32 bits per heavy atom. The summed E-state index contributed by atoms with van der Waals surface area (Å²) in [6.45, 7) is 10.1. The molecule has 4 saturated carbocycles. The molecule has 180 valence electrons. The number of aliphatic hydroxyl groups is 1. The molecule has 31 heavy (non-hydrogen) atoms. The SMILES string of the molecule is CCCCC(CC)CCCCC1CCC2C3CCC4CC(O)CCC4(C)C3CCC12C. The lowest BCUT2D eigenvalue weighted by Crippen LogP contribution is -2.53. The van der Waals surface area contributed by atoms with E-state index in [1.54, 1.807) is 0 Å². The van der Waals surface area contributed by atoms with Gasteiger partial charge in [0.25, 0.3) is 0 Å². The van der Waals surface area contributed by atoms with Crippen LogP contribution in [-0.2, 0) is 0 Å². The number of fused-ring (bicyclic) bond motifs is 5. The second-order valence-electron chi connectivity index (χ2n) is 13.1. The molecule has 0 spiro atoms. The maximum atomic E-state index is 10.3. The van der Waals surface area contributed by atoms with Crippen molar-refractivity contribution in [2.45, 2.75) is 143 Å². The highest BCUT2D eigenvalue weighted by atomic mass is 16.3. The normalized spacial score (nSPS) is 45.6. The summed E-state index contributed by atoms with van der Waals surface area (Å²) in [6, 6.07) is 0. The summed E-state index contributed by atoms with van der Waals surface area (Å²) in [6.07, 6.45) is 24.0. The molecule has 0 bridgehead atoms. The number of hydrogen-bond donors (Lipinski definition) is 1. The van der Waals surface area contributed by atoms with Crippen LogP contribution in [0.15, 0.2) is 0 Å². The van der Waals surface area contributed by atoms with Gasteiger partial charge < -0.3 is 5.11 Å². The van der Waals surface area contributed by atoms with Gasteiger partial charge in [0.05, 0.1) is 6.10 Å². The van der Waals surface area contributed by atoms with Gasteiger partial charge in [0.15, 0.2) is 0 Å². The first-order valence-corrected chi connectivity index (χ1v) is 14.6. The lowest BCUT2D eigenvalue weighted by molar-refractivity contribution is -0.127. The molecular formula is C30H54O. The highest BCUT2D eigenvalue weighted by Crippen LogP contribution is 2.67. The fraction of sp³-hybridized carbons (Fsp3) is 1.00. The Kier molecular flexibility index (Phi) is 7.82. The molecule has 0 aromatic rings. The summed E-state index contributed by atoms with van der Waals surface area (Å²) in [5, 5.41) is 10.3. The molecule has 0 radical (unpaired) electrons. The van der Waals surface area contributed by atoms with Gasteiger partial charge in [0.1, 0.15) is 0 Å². The second kappa shape index (κ2) is 10.1. The standard InChI is InChI=1S/C30H54O/c1-5-7-10-22(6-2)11-8-9-12-23-14-16-27-26-15-13-24-21-25(31)17-19-30(24,4)28(26)18-20-29(23,27)3/h22-28,31H,5-21H2,1-4H3. The average Bonchev–Trinajstić information content (AvgIpc) is 3.10. The van der Waals surface area contributed by atoms with E-state index in [-0.39, 0.29) is 6.10 Å². The van der Waals surface area contributed by atoms with Crippen molar-refractivity contribution in [1.29, 1.82) is 0 Å². The van der Waals surface area contributed by atoms with Gasteiger partial charge in [0, 0.05) is 0 Å². The number of hydrogen-bond acceptors (Lipinski definition) is 1. The molecule has 9 unspecified atom stereocenters.